The maximum absolute atomic E-state index is 10.9. The third kappa shape index (κ3) is 2.27. The Hall–Kier alpha value is -0.450. The van der Waals surface area contributed by atoms with Crippen molar-refractivity contribution in [3.8, 4) is 5.75 Å². The fraction of sp³-hybridized carbons (Fsp3) is 0.143. The minimum absolute atomic E-state index is 0.0372. The van der Waals surface area contributed by atoms with E-state index in [0.29, 0.717) is 5.56 Å². The van der Waals surface area contributed by atoms with Crippen molar-refractivity contribution in [2.24, 2.45) is 0 Å². The Kier molecular flexibility index (Phi) is 2.75. The van der Waals surface area contributed by atoms with Crippen molar-refractivity contribution in [2.75, 3.05) is 0 Å². The van der Waals surface area contributed by atoms with Gasteiger partial charge < -0.3 is 5.11 Å². The van der Waals surface area contributed by atoms with Crippen LogP contribution in [0.1, 0.15) is 5.56 Å². The van der Waals surface area contributed by atoms with Crippen molar-refractivity contribution in [1.82, 2.24) is 0 Å². The van der Waals surface area contributed by atoms with Crippen LogP contribution >= 0.6 is 22.3 Å². The number of phenols is 1. The highest BCUT2D eigenvalue weighted by Crippen LogP contribution is 2.30. The summed E-state index contributed by atoms with van der Waals surface area (Å²) in [5, 5.41) is 9.08. The van der Waals surface area contributed by atoms with E-state index in [4.69, 9.17) is 27.4 Å². The first-order chi connectivity index (χ1) is 5.82. The van der Waals surface area contributed by atoms with Crippen molar-refractivity contribution in [3.05, 3.63) is 22.7 Å². The topological polar surface area (TPSA) is 54.4 Å². The molecule has 0 aliphatic rings. The van der Waals surface area contributed by atoms with E-state index in [1.54, 1.807) is 0 Å². The summed E-state index contributed by atoms with van der Waals surface area (Å²) in [4.78, 5) is -0.0861. The molecule has 0 spiro atoms. The summed E-state index contributed by atoms with van der Waals surface area (Å²) in [6.07, 6.45) is 0. The molecule has 0 heterocycles. The van der Waals surface area contributed by atoms with Crippen molar-refractivity contribution >= 4 is 31.3 Å². The number of phenolic OH excluding ortho intramolecular Hbond substituents is 1. The van der Waals surface area contributed by atoms with Gasteiger partial charge in [0, 0.05) is 10.7 Å². The van der Waals surface area contributed by atoms with E-state index in [2.05, 4.69) is 0 Å². The molecule has 0 aromatic heterocycles. The number of hydrogen-bond acceptors (Lipinski definition) is 3. The molecular formula is C7H6Cl2O3S. The molecule has 0 atom stereocenters. The van der Waals surface area contributed by atoms with Gasteiger partial charge in [-0.05, 0) is 24.6 Å². The Morgan fingerprint density at radius 3 is 2.38 bits per heavy atom. The monoisotopic (exact) mass is 240 g/mol. The van der Waals surface area contributed by atoms with E-state index in [0.717, 1.165) is 6.07 Å². The number of aromatic hydroxyl groups is 1. The van der Waals surface area contributed by atoms with Gasteiger partial charge in [-0.1, -0.05) is 11.6 Å². The van der Waals surface area contributed by atoms with Crippen LogP contribution in [0.15, 0.2) is 17.0 Å². The van der Waals surface area contributed by atoms with Crippen LogP contribution in [0, 0.1) is 6.92 Å². The van der Waals surface area contributed by atoms with Crippen LogP contribution in [0.5, 0.6) is 5.75 Å². The predicted octanol–water partition coefficient (Wildman–Crippen LogP) is 2.28. The summed E-state index contributed by atoms with van der Waals surface area (Å²) in [5.41, 5.74) is 0.358. The van der Waals surface area contributed by atoms with E-state index < -0.39 is 9.05 Å². The van der Waals surface area contributed by atoms with Crippen LogP contribution in [-0.4, -0.2) is 13.5 Å². The summed E-state index contributed by atoms with van der Waals surface area (Å²) in [6.45, 7) is 1.52. The molecule has 1 rings (SSSR count). The number of halogens is 2. The van der Waals surface area contributed by atoms with Crippen LogP contribution in [0.2, 0.25) is 5.02 Å². The van der Waals surface area contributed by atoms with Crippen molar-refractivity contribution in [3.63, 3.8) is 0 Å². The van der Waals surface area contributed by atoms with E-state index in [1.165, 1.54) is 13.0 Å². The molecule has 3 nitrogen and oxygen atoms in total. The van der Waals surface area contributed by atoms with Gasteiger partial charge >= 0.3 is 0 Å². The fourth-order valence-corrected chi connectivity index (χ4v) is 2.34. The van der Waals surface area contributed by atoms with Crippen LogP contribution in [0.4, 0.5) is 0 Å². The van der Waals surface area contributed by atoms with E-state index in [1.807, 2.05) is 0 Å². The molecule has 0 aliphatic carbocycles. The van der Waals surface area contributed by atoms with Gasteiger partial charge in [0.2, 0.25) is 0 Å². The summed E-state index contributed by atoms with van der Waals surface area (Å²) < 4.78 is 21.9. The molecule has 13 heavy (non-hydrogen) atoms. The van der Waals surface area contributed by atoms with Crippen LogP contribution < -0.4 is 0 Å². The maximum atomic E-state index is 10.9. The zero-order valence-electron chi connectivity index (χ0n) is 6.58. The second kappa shape index (κ2) is 3.36. The molecule has 1 aromatic rings. The average molecular weight is 241 g/mol. The van der Waals surface area contributed by atoms with Crippen molar-refractivity contribution in [1.29, 1.82) is 0 Å². The van der Waals surface area contributed by atoms with Gasteiger partial charge in [0.05, 0.1) is 9.92 Å². The standard InChI is InChI=1S/C7H6Cl2O3S/c1-4-2-6(10)5(8)3-7(4)13(9,11)12/h2-3,10H,1H3. The smallest absolute Gasteiger partial charge is 0.261 e. The van der Waals surface area contributed by atoms with Gasteiger partial charge in [0.1, 0.15) is 5.75 Å². The summed E-state index contributed by atoms with van der Waals surface area (Å²) in [6, 6.07) is 2.37. The Morgan fingerprint density at radius 1 is 1.38 bits per heavy atom. The Bertz CT molecular complexity index is 439. The molecule has 0 saturated carbocycles. The highest BCUT2D eigenvalue weighted by molar-refractivity contribution is 8.13. The third-order valence-electron chi connectivity index (χ3n) is 1.51. The van der Waals surface area contributed by atoms with E-state index in [9.17, 15) is 8.42 Å². The lowest BCUT2D eigenvalue weighted by Gasteiger charge is -2.03. The first kappa shape index (κ1) is 10.6. The molecule has 1 N–H and O–H groups in total. The van der Waals surface area contributed by atoms with Crippen molar-refractivity contribution in [2.45, 2.75) is 11.8 Å². The lowest BCUT2D eigenvalue weighted by Crippen LogP contribution is -1.94. The molecule has 6 heteroatoms. The normalized spacial score (nSPS) is 11.6. The molecule has 0 radical (unpaired) electrons. The molecule has 72 valence electrons. The molecule has 1 aromatic carbocycles. The van der Waals surface area contributed by atoms with E-state index >= 15 is 0 Å². The van der Waals surface area contributed by atoms with Gasteiger partial charge in [-0.25, -0.2) is 8.42 Å². The van der Waals surface area contributed by atoms with Gasteiger partial charge in [-0.3, -0.25) is 0 Å². The van der Waals surface area contributed by atoms with Gasteiger partial charge in [0.15, 0.2) is 0 Å². The molecule has 0 fully saturated rings. The Morgan fingerprint density at radius 2 is 1.92 bits per heavy atom. The van der Waals surface area contributed by atoms with Crippen LogP contribution in [-0.2, 0) is 9.05 Å². The SMILES string of the molecule is Cc1cc(O)c(Cl)cc1S(=O)(=O)Cl. The predicted molar refractivity (Wildman–Crippen MR) is 50.9 cm³/mol. The van der Waals surface area contributed by atoms with Gasteiger partial charge in [0.25, 0.3) is 9.05 Å². The van der Waals surface area contributed by atoms with Crippen LogP contribution in [0.25, 0.3) is 0 Å². The first-order valence-corrected chi connectivity index (χ1v) is 5.95. The molecule has 0 bridgehead atoms. The summed E-state index contributed by atoms with van der Waals surface area (Å²) in [7, 11) is 1.32. The minimum Gasteiger partial charge on any atom is -0.506 e. The molecular weight excluding hydrogens is 235 g/mol. The molecule has 0 unspecified atom stereocenters. The quantitative estimate of drug-likeness (QED) is 0.767. The molecule has 0 saturated heterocycles. The second-order valence-electron chi connectivity index (χ2n) is 2.51. The number of hydrogen-bond donors (Lipinski definition) is 1. The highest BCUT2D eigenvalue weighted by atomic mass is 35.7. The third-order valence-corrected chi connectivity index (χ3v) is 3.27. The largest absolute Gasteiger partial charge is 0.506 e. The highest BCUT2D eigenvalue weighted by Gasteiger charge is 2.15. The lowest BCUT2D eigenvalue weighted by atomic mass is 10.2. The van der Waals surface area contributed by atoms with E-state index in [-0.39, 0.29) is 15.7 Å². The second-order valence-corrected chi connectivity index (χ2v) is 5.45. The number of aryl methyl sites for hydroxylation is 1. The maximum Gasteiger partial charge on any atom is 0.261 e. The number of benzene rings is 1. The van der Waals surface area contributed by atoms with Gasteiger partial charge in [-0.2, -0.15) is 0 Å². The molecule has 0 aliphatic heterocycles. The summed E-state index contributed by atoms with van der Waals surface area (Å²) in [5.74, 6) is -0.164. The Labute approximate surface area is 85.3 Å². The molecule has 0 amide bonds. The van der Waals surface area contributed by atoms with Crippen LogP contribution in [0.3, 0.4) is 0 Å². The lowest BCUT2D eigenvalue weighted by molar-refractivity contribution is 0.474. The Balaban J connectivity index is 3.50. The minimum atomic E-state index is -3.80. The zero-order chi connectivity index (χ0) is 10.2. The number of rotatable bonds is 1. The average Bonchev–Trinajstić information content (AvgIpc) is 1.94. The van der Waals surface area contributed by atoms with Gasteiger partial charge in [-0.15, -0.1) is 0 Å². The summed E-state index contributed by atoms with van der Waals surface area (Å²) >= 11 is 5.52. The first-order valence-electron chi connectivity index (χ1n) is 3.26. The zero-order valence-corrected chi connectivity index (χ0v) is 8.91. The van der Waals surface area contributed by atoms with Crippen molar-refractivity contribution < 1.29 is 13.5 Å². The fourth-order valence-electron chi connectivity index (χ4n) is 0.911.